The zero-order valence-electron chi connectivity index (χ0n) is 17.7. The third-order valence-electron chi connectivity index (χ3n) is 5.18. The van der Waals surface area contributed by atoms with Gasteiger partial charge in [0.25, 0.3) is 5.91 Å². The third-order valence-corrected chi connectivity index (χ3v) is 5.18. The number of benzene rings is 1. The highest BCUT2D eigenvalue weighted by Crippen LogP contribution is 2.28. The van der Waals surface area contributed by atoms with Crippen LogP contribution in [0.4, 0.5) is 39.2 Å². The predicted molar refractivity (Wildman–Crippen MR) is 121 cm³/mol. The summed E-state index contributed by atoms with van der Waals surface area (Å²) < 4.78 is 25.1. The number of amides is 1. The minimum absolute atomic E-state index is 0.0517. The van der Waals surface area contributed by atoms with Gasteiger partial charge in [0, 0.05) is 31.1 Å². The summed E-state index contributed by atoms with van der Waals surface area (Å²) in [5, 5.41) is 8.52. The van der Waals surface area contributed by atoms with Crippen molar-refractivity contribution in [1.82, 2.24) is 15.0 Å². The lowest BCUT2D eigenvalue weighted by Crippen LogP contribution is -2.26. The molecule has 0 aliphatic carbocycles. The lowest BCUT2D eigenvalue weighted by atomic mass is 10.2. The van der Waals surface area contributed by atoms with Crippen molar-refractivity contribution in [3.63, 3.8) is 0 Å². The Hall–Kier alpha value is -3.99. The van der Waals surface area contributed by atoms with Gasteiger partial charge in [0.2, 0.25) is 5.95 Å². The Morgan fingerprint density at radius 1 is 1.03 bits per heavy atom. The van der Waals surface area contributed by atoms with E-state index in [4.69, 9.17) is 9.47 Å². The first kappa shape index (κ1) is 20.9. The summed E-state index contributed by atoms with van der Waals surface area (Å²) >= 11 is 0. The molecule has 2 aliphatic rings. The molecular weight excluding hydrogens is 429 g/mol. The van der Waals surface area contributed by atoms with Gasteiger partial charge in [0.1, 0.15) is 5.82 Å². The van der Waals surface area contributed by atoms with Crippen molar-refractivity contribution >= 4 is 40.7 Å². The van der Waals surface area contributed by atoms with Crippen molar-refractivity contribution in [2.75, 3.05) is 53.8 Å². The number of fused-ring (bicyclic) bond motifs is 1. The Kier molecular flexibility index (Phi) is 5.85. The second-order valence-corrected chi connectivity index (χ2v) is 7.52. The molecule has 5 rings (SSSR count). The molecule has 3 N–H and O–H groups in total. The largest absolute Gasteiger partial charge is 0.480 e. The van der Waals surface area contributed by atoms with Crippen molar-refractivity contribution in [2.24, 2.45) is 0 Å². The second-order valence-electron chi connectivity index (χ2n) is 7.52. The van der Waals surface area contributed by atoms with E-state index in [2.05, 4.69) is 35.8 Å². The fourth-order valence-electron chi connectivity index (χ4n) is 3.56. The summed E-state index contributed by atoms with van der Waals surface area (Å²) in [6.45, 7) is 3.25. The first-order valence-electron chi connectivity index (χ1n) is 10.6. The Morgan fingerprint density at radius 2 is 1.91 bits per heavy atom. The van der Waals surface area contributed by atoms with E-state index in [9.17, 15) is 9.18 Å². The van der Waals surface area contributed by atoms with Gasteiger partial charge in [-0.25, -0.2) is 14.4 Å². The number of carbonyl (C=O) groups excluding carboxylic acids is 1. The number of halogens is 1. The minimum atomic E-state index is -0.640. The van der Waals surface area contributed by atoms with Crippen LogP contribution >= 0.6 is 0 Å². The molecule has 0 bridgehead atoms. The maximum absolute atomic E-state index is 14.3. The SMILES string of the molecule is O=C1COc2ccc(Nc3nc(Nc4ccc(N5CCCOCC5)cc4)ncc3F)nc2N1. The maximum atomic E-state index is 14.3. The van der Waals surface area contributed by atoms with Gasteiger partial charge in [-0.1, -0.05) is 0 Å². The molecular formula is C22H22FN7O3. The average molecular weight is 451 g/mol. The number of nitrogens with one attached hydrogen (secondary N) is 3. The quantitative estimate of drug-likeness (QED) is 0.539. The van der Waals surface area contributed by atoms with Crippen LogP contribution in [-0.2, 0) is 9.53 Å². The summed E-state index contributed by atoms with van der Waals surface area (Å²) in [7, 11) is 0. The van der Waals surface area contributed by atoms with Gasteiger partial charge in [-0.15, -0.1) is 0 Å². The number of anilines is 6. The minimum Gasteiger partial charge on any atom is -0.480 e. The Labute approximate surface area is 189 Å². The molecule has 33 heavy (non-hydrogen) atoms. The zero-order chi connectivity index (χ0) is 22.6. The second kappa shape index (κ2) is 9.25. The molecule has 1 amide bonds. The van der Waals surface area contributed by atoms with Gasteiger partial charge >= 0.3 is 0 Å². The van der Waals surface area contributed by atoms with Crippen molar-refractivity contribution in [1.29, 1.82) is 0 Å². The molecule has 0 unspecified atom stereocenters. The predicted octanol–water partition coefficient (Wildman–Crippen LogP) is 3.06. The molecule has 0 atom stereocenters. The fraction of sp³-hybridized carbons (Fsp3) is 0.273. The molecule has 2 aromatic heterocycles. The summed E-state index contributed by atoms with van der Waals surface area (Å²) in [6, 6.07) is 11.1. The molecule has 1 saturated heterocycles. The molecule has 2 aliphatic heterocycles. The number of aromatic nitrogens is 3. The summed E-state index contributed by atoms with van der Waals surface area (Å²) in [6.07, 6.45) is 2.07. The van der Waals surface area contributed by atoms with Crippen LogP contribution in [0, 0.1) is 5.82 Å². The van der Waals surface area contributed by atoms with Gasteiger partial charge in [0.05, 0.1) is 12.8 Å². The van der Waals surface area contributed by atoms with Gasteiger partial charge in [0.15, 0.2) is 29.8 Å². The van der Waals surface area contributed by atoms with E-state index in [-0.39, 0.29) is 30.1 Å². The lowest BCUT2D eigenvalue weighted by Gasteiger charge is -2.22. The normalized spacial score (nSPS) is 15.7. The zero-order valence-corrected chi connectivity index (χ0v) is 17.7. The molecule has 3 aromatic rings. The highest BCUT2D eigenvalue weighted by atomic mass is 19.1. The molecule has 1 fully saturated rings. The number of hydrogen-bond donors (Lipinski definition) is 3. The van der Waals surface area contributed by atoms with Crippen LogP contribution in [0.2, 0.25) is 0 Å². The van der Waals surface area contributed by atoms with E-state index in [1.54, 1.807) is 12.1 Å². The number of ether oxygens (including phenoxy) is 2. The van der Waals surface area contributed by atoms with Crippen molar-refractivity contribution in [3.8, 4) is 5.75 Å². The summed E-state index contributed by atoms with van der Waals surface area (Å²) in [4.78, 5) is 26.3. The van der Waals surface area contributed by atoms with Crippen molar-refractivity contribution in [2.45, 2.75) is 6.42 Å². The third kappa shape index (κ3) is 4.93. The van der Waals surface area contributed by atoms with Gasteiger partial charge < -0.3 is 30.3 Å². The van der Waals surface area contributed by atoms with Crippen LogP contribution in [0.25, 0.3) is 0 Å². The standard InChI is InChI=1S/C22H22FN7O3/c23-16-12-24-22(25-14-2-4-15(5-3-14)30-8-1-10-32-11-9-30)29-20(16)26-18-7-6-17-21(27-18)28-19(31)13-33-17/h2-7,12H,1,8-11,13H2,(H3,24,25,26,27,28,29,31). The van der Waals surface area contributed by atoms with Gasteiger partial charge in [-0.05, 0) is 42.8 Å². The molecule has 4 heterocycles. The maximum Gasteiger partial charge on any atom is 0.263 e. The van der Waals surface area contributed by atoms with Crippen LogP contribution in [0.15, 0.2) is 42.6 Å². The molecule has 11 heteroatoms. The lowest BCUT2D eigenvalue weighted by molar-refractivity contribution is -0.118. The number of carbonyl (C=O) groups is 1. The molecule has 10 nitrogen and oxygen atoms in total. The van der Waals surface area contributed by atoms with E-state index < -0.39 is 5.82 Å². The number of hydrogen-bond acceptors (Lipinski definition) is 9. The van der Waals surface area contributed by atoms with Crippen molar-refractivity contribution < 1.29 is 18.7 Å². The fourth-order valence-corrected chi connectivity index (χ4v) is 3.56. The average Bonchev–Trinajstić information content (AvgIpc) is 3.11. The molecule has 0 saturated carbocycles. The first-order valence-corrected chi connectivity index (χ1v) is 10.6. The Bertz CT molecular complexity index is 1150. The smallest absolute Gasteiger partial charge is 0.263 e. The van der Waals surface area contributed by atoms with Crippen LogP contribution in [0.3, 0.4) is 0 Å². The van der Waals surface area contributed by atoms with Crippen LogP contribution in [-0.4, -0.2) is 53.8 Å². The van der Waals surface area contributed by atoms with E-state index >= 15 is 0 Å². The Morgan fingerprint density at radius 3 is 2.79 bits per heavy atom. The van der Waals surface area contributed by atoms with E-state index in [0.717, 1.165) is 50.3 Å². The summed E-state index contributed by atoms with van der Waals surface area (Å²) in [5.74, 6) is 0.241. The molecule has 170 valence electrons. The van der Waals surface area contributed by atoms with E-state index in [1.807, 2.05) is 24.3 Å². The molecule has 1 aromatic carbocycles. The highest BCUT2D eigenvalue weighted by molar-refractivity contribution is 5.94. The number of nitrogens with zero attached hydrogens (tertiary/aromatic N) is 4. The topological polar surface area (TPSA) is 114 Å². The summed E-state index contributed by atoms with van der Waals surface area (Å²) in [5.41, 5.74) is 1.89. The molecule has 0 radical (unpaired) electrons. The van der Waals surface area contributed by atoms with Crippen LogP contribution in [0.5, 0.6) is 5.75 Å². The molecule has 0 spiro atoms. The number of rotatable bonds is 5. The highest BCUT2D eigenvalue weighted by Gasteiger charge is 2.18. The first-order chi connectivity index (χ1) is 16.1. The van der Waals surface area contributed by atoms with Crippen LogP contribution < -0.4 is 25.6 Å². The number of pyridine rings is 1. The Balaban J connectivity index is 1.29. The van der Waals surface area contributed by atoms with Crippen LogP contribution in [0.1, 0.15) is 6.42 Å². The van der Waals surface area contributed by atoms with Gasteiger partial charge in [-0.2, -0.15) is 4.98 Å². The van der Waals surface area contributed by atoms with E-state index in [1.165, 1.54) is 0 Å². The van der Waals surface area contributed by atoms with Crippen molar-refractivity contribution in [3.05, 3.63) is 48.4 Å². The van der Waals surface area contributed by atoms with E-state index in [0.29, 0.717) is 11.6 Å². The van der Waals surface area contributed by atoms with Gasteiger partial charge in [-0.3, -0.25) is 4.79 Å². The monoisotopic (exact) mass is 451 g/mol.